The van der Waals surface area contributed by atoms with Crippen LogP contribution in [0.2, 0.25) is 0 Å². The summed E-state index contributed by atoms with van der Waals surface area (Å²) >= 11 is 0. The molecule has 1 N–H and O–H groups in total. The summed E-state index contributed by atoms with van der Waals surface area (Å²) in [6.45, 7) is 5.97. The van der Waals surface area contributed by atoms with Gasteiger partial charge in [-0.1, -0.05) is 6.92 Å². The first-order chi connectivity index (χ1) is 8.63. The van der Waals surface area contributed by atoms with Crippen LogP contribution in [0, 0.1) is 11.6 Å². The van der Waals surface area contributed by atoms with E-state index in [1.165, 1.54) is 12.1 Å². The third-order valence-corrected chi connectivity index (χ3v) is 2.61. The van der Waals surface area contributed by atoms with E-state index in [2.05, 4.69) is 12.2 Å². The molecule has 0 aliphatic carbocycles. The lowest BCUT2D eigenvalue weighted by Gasteiger charge is -2.15. The van der Waals surface area contributed by atoms with Crippen LogP contribution in [0.4, 0.5) is 8.78 Å². The Labute approximate surface area is 107 Å². The van der Waals surface area contributed by atoms with Crippen molar-refractivity contribution >= 4 is 0 Å². The molecule has 1 unspecified atom stereocenters. The van der Waals surface area contributed by atoms with E-state index in [1.54, 1.807) is 0 Å². The summed E-state index contributed by atoms with van der Waals surface area (Å²) in [5, 5.41) is 3.29. The van der Waals surface area contributed by atoms with Crippen LogP contribution in [0.25, 0.3) is 0 Å². The summed E-state index contributed by atoms with van der Waals surface area (Å²) in [7, 11) is 0. The molecule has 4 heteroatoms. The molecule has 0 fully saturated rings. The molecule has 0 bridgehead atoms. The molecule has 1 rings (SSSR count). The second-order valence-electron chi connectivity index (χ2n) is 4.40. The summed E-state index contributed by atoms with van der Waals surface area (Å²) in [5.41, 5.74) is 0. The van der Waals surface area contributed by atoms with Gasteiger partial charge < -0.3 is 10.1 Å². The number of ether oxygens (including phenoxy) is 1. The monoisotopic (exact) mass is 257 g/mol. The van der Waals surface area contributed by atoms with Gasteiger partial charge in [-0.25, -0.2) is 8.78 Å². The van der Waals surface area contributed by atoms with E-state index in [1.807, 2.05) is 6.92 Å². The van der Waals surface area contributed by atoms with E-state index in [0.717, 1.165) is 38.4 Å². The minimum atomic E-state index is -0.647. The fourth-order valence-corrected chi connectivity index (χ4v) is 1.66. The highest BCUT2D eigenvalue weighted by molar-refractivity contribution is 5.24. The Balaban J connectivity index is 2.28. The lowest BCUT2D eigenvalue weighted by Crippen LogP contribution is -2.19. The molecule has 0 radical (unpaired) electrons. The van der Waals surface area contributed by atoms with E-state index in [4.69, 9.17) is 4.74 Å². The van der Waals surface area contributed by atoms with E-state index < -0.39 is 11.6 Å². The Hall–Kier alpha value is -1.16. The van der Waals surface area contributed by atoms with Gasteiger partial charge in [0.25, 0.3) is 0 Å². The first-order valence-corrected chi connectivity index (χ1v) is 6.46. The van der Waals surface area contributed by atoms with Crippen LogP contribution in [-0.4, -0.2) is 19.2 Å². The third-order valence-electron chi connectivity index (χ3n) is 2.61. The molecule has 102 valence electrons. The zero-order chi connectivity index (χ0) is 13.4. The van der Waals surface area contributed by atoms with E-state index in [9.17, 15) is 8.78 Å². The lowest BCUT2D eigenvalue weighted by atomic mass is 10.2. The number of hydrogen-bond donors (Lipinski definition) is 1. The normalized spacial score (nSPS) is 12.4. The predicted octanol–water partition coefficient (Wildman–Crippen LogP) is 3.51. The third kappa shape index (κ3) is 5.45. The molecule has 0 aliphatic heterocycles. The molecule has 0 aromatic heterocycles. The Morgan fingerprint density at radius 3 is 2.72 bits per heavy atom. The van der Waals surface area contributed by atoms with Crippen molar-refractivity contribution in [3.63, 3.8) is 0 Å². The first kappa shape index (κ1) is 14.9. The van der Waals surface area contributed by atoms with Crippen molar-refractivity contribution in [2.24, 2.45) is 0 Å². The average molecular weight is 257 g/mol. The van der Waals surface area contributed by atoms with Crippen LogP contribution < -0.4 is 10.1 Å². The van der Waals surface area contributed by atoms with E-state index >= 15 is 0 Å². The predicted molar refractivity (Wildman–Crippen MR) is 68.8 cm³/mol. The summed E-state index contributed by atoms with van der Waals surface area (Å²) in [6.07, 6.45) is 2.86. The zero-order valence-electron chi connectivity index (χ0n) is 11.0. The standard InChI is InChI=1S/C14H21F2NO/c1-3-8-17-9-4-5-11(2)18-14-7-6-12(15)10-13(14)16/h6-7,10-11,17H,3-5,8-9H2,1-2H3. The Kier molecular flexibility index (Phi) is 6.65. The van der Waals surface area contributed by atoms with Gasteiger partial charge in [0.2, 0.25) is 0 Å². The van der Waals surface area contributed by atoms with Gasteiger partial charge in [0.1, 0.15) is 5.82 Å². The minimum Gasteiger partial charge on any atom is -0.488 e. The van der Waals surface area contributed by atoms with Crippen molar-refractivity contribution in [1.29, 1.82) is 0 Å². The van der Waals surface area contributed by atoms with Gasteiger partial charge in [0.05, 0.1) is 6.10 Å². The number of rotatable bonds is 8. The molecule has 0 heterocycles. The minimum absolute atomic E-state index is 0.0756. The van der Waals surface area contributed by atoms with E-state index in [0.29, 0.717) is 0 Å². The van der Waals surface area contributed by atoms with Gasteiger partial charge in [-0.15, -0.1) is 0 Å². The molecule has 0 aliphatic rings. The molecule has 2 nitrogen and oxygen atoms in total. The van der Waals surface area contributed by atoms with Crippen molar-refractivity contribution in [3.05, 3.63) is 29.8 Å². The van der Waals surface area contributed by atoms with Crippen LogP contribution in [0.1, 0.15) is 33.1 Å². The lowest BCUT2D eigenvalue weighted by molar-refractivity contribution is 0.198. The molecular weight excluding hydrogens is 236 g/mol. The van der Waals surface area contributed by atoms with Crippen molar-refractivity contribution in [3.8, 4) is 5.75 Å². The Morgan fingerprint density at radius 2 is 2.06 bits per heavy atom. The van der Waals surface area contributed by atoms with Crippen molar-refractivity contribution in [2.45, 2.75) is 39.2 Å². The van der Waals surface area contributed by atoms with Crippen molar-refractivity contribution in [2.75, 3.05) is 13.1 Å². The fourth-order valence-electron chi connectivity index (χ4n) is 1.66. The molecule has 1 atom stereocenters. The summed E-state index contributed by atoms with van der Waals surface area (Å²) < 4.78 is 31.5. The molecule has 1 aromatic rings. The molecule has 0 amide bonds. The van der Waals surface area contributed by atoms with Gasteiger partial charge in [-0.2, -0.15) is 0 Å². The van der Waals surface area contributed by atoms with E-state index in [-0.39, 0.29) is 11.9 Å². The molecule has 0 saturated carbocycles. The quantitative estimate of drug-likeness (QED) is 0.719. The van der Waals surface area contributed by atoms with Crippen LogP contribution in [0.15, 0.2) is 18.2 Å². The number of nitrogens with one attached hydrogen (secondary N) is 1. The second-order valence-corrected chi connectivity index (χ2v) is 4.40. The van der Waals surface area contributed by atoms with Crippen LogP contribution in [0.5, 0.6) is 5.75 Å². The van der Waals surface area contributed by atoms with Gasteiger partial charge >= 0.3 is 0 Å². The molecule has 0 spiro atoms. The van der Waals surface area contributed by atoms with Crippen molar-refractivity contribution < 1.29 is 13.5 Å². The maximum atomic E-state index is 13.3. The Morgan fingerprint density at radius 1 is 1.28 bits per heavy atom. The number of halogens is 2. The average Bonchev–Trinajstić information content (AvgIpc) is 2.32. The molecule has 18 heavy (non-hydrogen) atoms. The molecular formula is C14H21F2NO. The molecule has 0 saturated heterocycles. The van der Waals surface area contributed by atoms with Crippen molar-refractivity contribution in [1.82, 2.24) is 5.32 Å². The first-order valence-electron chi connectivity index (χ1n) is 6.46. The topological polar surface area (TPSA) is 21.3 Å². The maximum Gasteiger partial charge on any atom is 0.167 e. The maximum absolute atomic E-state index is 13.3. The Bertz CT molecular complexity index is 358. The second kappa shape index (κ2) is 8.03. The summed E-state index contributed by atoms with van der Waals surface area (Å²) in [5.74, 6) is -1.12. The largest absolute Gasteiger partial charge is 0.488 e. The van der Waals surface area contributed by atoms with Gasteiger partial charge in [-0.3, -0.25) is 0 Å². The fraction of sp³-hybridized carbons (Fsp3) is 0.571. The van der Waals surface area contributed by atoms with Crippen LogP contribution in [-0.2, 0) is 0 Å². The highest BCUT2D eigenvalue weighted by Crippen LogP contribution is 2.19. The number of benzene rings is 1. The van der Waals surface area contributed by atoms with Gasteiger partial charge in [0, 0.05) is 6.07 Å². The SMILES string of the molecule is CCCNCCCC(C)Oc1ccc(F)cc1F. The summed E-state index contributed by atoms with van der Waals surface area (Å²) in [4.78, 5) is 0. The van der Waals surface area contributed by atoms with Crippen LogP contribution >= 0.6 is 0 Å². The smallest absolute Gasteiger partial charge is 0.167 e. The van der Waals surface area contributed by atoms with Gasteiger partial charge in [0.15, 0.2) is 11.6 Å². The molecule has 1 aromatic carbocycles. The van der Waals surface area contributed by atoms with Gasteiger partial charge in [-0.05, 0) is 51.4 Å². The zero-order valence-corrected chi connectivity index (χ0v) is 11.0. The number of hydrogen-bond acceptors (Lipinski definition) is 2. The highest BCUT2D eigenvalue weighted by Gasteiger charge is 2.09. The van der Waals surface area contributed by atoms with Crippen LogP contribution in [0.3, 0.4) is 0 Å². The highest BCUT2D eigenvalue weighted by atomic mass is 19.1. The summed E-state index contributed by atoms with van der Waals surface area (Å²) in [6, 6.07) is 3.37.